The van der Waals surface area contributed by atoms with E-state index < -0.39 is 23.9 Å². The van der Waals surface area contributed by atoms with E-state index in [0.29, 0.717) is 6.42 Å². The van der Waals surface area contributed by atoms with E-state index in [0.717, 1.165) is 35.8 Å². The predicted molar refractivity (Wildman–Crippen MR) is 138 cm³/mol. The van der Waals surface area contributed by atoms with E-state index >= 15 is 0 Å². The van der Waals surface area contributed by atoms with Crippen LogP contribution in [0.4, 0.5) is 0 Å². The van der Waals surface area contributed by atoms with Gasteiger partial charge in [0.2, 0.25) is 17.7 Å². The summed E-state index contributed by atoms with van der Waals surface area (Å²) in [6.07, 6.45) is 2.62. The Labute approximate surface area is 218 Å². The van der Waals surface area contributed by atoms with Gasteiger partial charge in [-0.05, 0) is 57.1 Å². The number of rotatable bonds is 8. The number of hydrogen-bond donors (Lipinski definition) is 4. The Bertz CT molecular complexity index is 1080. The SMILES string of the molecule is Cc1nc(C(=O)N2CC[C@H](NC(=O)C3CCNCC3)C[C@H]2C(=O)N[C@@H](Cc2cccs2)C(N)=O)cs1. The van der Waals surface area contributed by atoms with Crippen molar-refractivity contribution in [3.8, 4) is 0 Å². The van der Waals surface area contributed by atoms with Crippen molar-refractivity contribution in [3.05, 3.63) is 38.5 Å². The van der Waals surface area contributed by atoms with Crippen molar-refractivity contribution in [2.75, 3.05) is 19.6 Å². The van der Waals surface area contributed by atoms with Crippen LogP contribution in [0.2, 0.25) is 0 Å². The van der Waals surface area contributed by atoms with E-state index in [4.69, 9.17) is 5.73 Å². The van der Waals surface area contributed by atoms with Crippen LogP contribution in [0.5, 0.6) is 0 Å². The molecule has 0 aliphatic carbocycles. The van der Waals surface area contributed by atoms with Gasteiger partial charge >= 0.3 is 0 Å². The standard InChI is InChI=1S/C24H32N6O4S2/c1-14-27-19(13-36-14)24(34)30-9-6-16(28-22(32)15-4-7-26-8-5-15)11-20(30)23(33)29-18(21(25)31)12-17-3-2-10-35-17/h2-3,10,13,15-16,18,20,26H,4-9,11-12H2,1H3,(H2,25,31)(H,28,32)(H,29,33)/t16-,18-,20-/m0/s1. The summed E-state index contributed by atoms with van der Waals surface area (Å²) in [6, 6.07) is 1.72. The molecule has 0 aromatic carbocycles. The normalized spacial score (nSPS) is 21.5. The molecule has 4 rings (SSSR count). The largest absolute Gasteiger partial charge is 0.368 e. The third-order valence-electron chi connectivity index (χ3n) is 6.71. The molecule has 2 fully saturated rings. The molecule has 0 radical (unpaired) electrons. The van der Waals surface area contributed by atoms with Gasteiger partial charge < -0.3 is 26.6 Å². The van der Waals surface area contributed by atoms with Gasteiger partial charge in [-0.15, -0.1) is 22.7 Å². The quantitative estimate of drug-likeness (QED) is 0.396. The third kappa shape index (κ3) is 6.48. The molecule has 12 heteroatoms. The number of nitrogens with one attached hydrogen (secondary N) is 3. The molecule has 2 aliphatic heterocycles. The first-order chi connectivity index (χ1) is 17.3. The summed E-state index contributed by atoms with van der Waals surface area (Å²) < 4.78 is 0. The van der Waals surface area contributed by atoms with Gasteiger partial charge in [0.05, 0.1) is 5.01 Å². The van der Waals surface area contributed by atoms with Gasteiger partial charge in [-0.1, -0.05) is 6.07 Å². The molecule has 2 aromatic heterocycles. The summed E-state index contributed by atoms with van der Waals surface area (Å²) in [4.78, 5) is 58.4. The average molecular weight is 533 g/mol. The van der Waals surface area contributed by atoms with E-state index in [-0.39, 0.29) is 48.9 Å². The number of carbonyl (C=O) groups is 4. The lowest BCUT2D eigenvalue weighted by molar-refractivity contribution is -0.132. The zero-order valence-electron chi connectivity index (χ0n) is 20.2. The van der Waals surface area contributed by atoms with E-state index in [1.54, 1.807) is 5.38 Å². The molecule has 36 heavy (non-hydrogen) atoms. The number of thiazole rings is 1. The lowest BCUT2D eigenvalue weighted by Gasteiger charge is -2.39. The summed E-state index contributed by atoms with van der Waals surface area (Å²) in [6.45, 7) is 3.72. The molecule has 0 spiro atoms. The molecule has 4 amide bonds. The maximum absolute atomic E-state index is 13.5. The summed E-state index contributed by atoms with van der Waals surface area (Å²) in [5.74, 6) is -1.51. The Morgan fingerprint density at radius 3 is 2.61 bits per heavy atom. The highest BCUT2D eigenvalue weighted by molar-refractivity contribution is 7.10. The summed E-state index contributed by atoms with van der Waals surface area (Å²) >= 11 is 2.84. The fourth-order valence-corrected chi connectivity index (χ4v) is 6.06. The lowest BCUT2D eigenvalue weighted by atomic mass is 9.93. The van der Waals surface area contributed by atoms with Crippen LogP contribution in [0.25, 0.3) is 0 Å². The number of thiophene rings is 1. The van der Waals surface area contributed by atoms with Crippen molar-refractivity contribution >= 4 is 46.3 Å². The minimum atomic E-state index is -0.903. The van der Waals surface area contributed by atoms with Crippen LogP contribution in [-0.4, -0.2) is 71.3 Å². The molecule has 4 heterocycles. The smallest absolute Gasteiger partial charge is 0.274 e. The van der Waals surface area contributed by atoms with E-state index in [1.807, 2.05) is 24.4 Å². The lowest BCUT2D eigenvalue weighted by Crippen LogP contribution is -2.60. The average Bonchev–Trinajstić information content (AvgIpc) is 3.55. The number of nitrogens with zero attached hydrogens (tertiary/aromatic N) is 2. The Hall–Kier alpha value is -2.83. The minimum Gasteiger partial charge on any atom is -0.368 e. The number of piperidine rings is 2. The van der Waals surface area contributed by atoms with Crippen molar-refractivity contribution in [1.29, 1.82) is 0 Å². The second kappa shape index (κ2) is 11.9. The van der Waals surface area contributed by atoms with Crippen LogP contribution in [-0.2, 0) is 20.8 Å². The maximum atomic E-state index is 13.5. The molecule has 194 valence electrons. The van der Waals surface area contributed by atoms with Gasteiger partial charge in [-0.3, -0.25) is 19.2 Å². The highest BCUT2D eigenvalue weighted by Gasteiger charge is 2.39. The molecular weight excluding hydrogens is 500 g/mol. The molecule has 2 saturated heterocycles. The van der Waals surface area contributed by atoms with Crippen molar-refractivity contribution in [2.24, 2.45) is 11.7 Å². The summed E-state index contributed by atoms with van der Waals surface area (Å²) in [7, 11) is 0. The highest BCUT2D eigenvalue weighted by Crippen LogP contribution is 2.23. The van der Waals surface area contributed by atoms with Gasteiger partial charge in [0.1, 0.15) is 17.8 Å². The van der Waals surface area contributed by atoms with Crippen LogP contribution in [0.1, 0.15) is 46.1 Å². The van der Waals surface area contributed by atoms with E-state index in [2.05, 4.69) is 20.9 Å². The molecule has 0 unspecified atom stereocenters. The van der Waals surface area contributed by atoms with Gasteiger partial charge in [0.15, 0.2) is 0 Å². The number of nitrogens with two attached hydrogens (primary N) is 1. The molecule has 0 saturated carbocycles. The number of likely N-dealkylation sites (tertiary alicyclic amines) is 1. The molecule has 2 aliphatic rings. The van der Waals surface area contributed by atoms with Crippen molar-refractivity contribution in [2.45, 2.75) is 57.2 Å². The Morgan fingerprint density at radius 2 is 1.97 bits per heavy atom. The van der Waals surface area contributed by atoms with Crippen LogP contribution < -0.4 is 21.7 Å². The number of hydrogen-bond acceptors (Lipinski definition) is 8. The summed E-state index contributed by atoms with van der Waals surface area (Å²) in [5.41, 5.74) is 5.88. The van der Waals surface area contributed by atoms with Crippen LogP contribution in [0, 0.1) is 12.8 Å². The second-order valence-electron chi connectivity index (χ2n) is 9.27. The fourth-order valence-electron chi connectivity index (χ4n) is 4.72. The number of primary amides is 1. The van der Waals surface area contributed by atoms with Crippen molar-refractivity contribution < 1.29 is 19.2 Å². The van der Waals surface area contributed by atoms with Gasteiger partial charge in [0, 0.05) is 35.2 Å². The maximum Gasteiger partial charge on any atom is 0.274 e. The molecule has 10 nitrogen and oxygen atoms in total. The van der Waals surface area contributed by atoms with Gasteiger partial charge in [0.25, 0.3) is 5.91 Å². The Kier molecular flexibility index (Phi) is 8.70. The summed E-state index contributed by atoms with van der Waals surface area (Å²) in [5, 5.41) is 13.4. The first-order valence-corrected chi connectivity index (χ1v) is 13.9. The molecule has 0 bridgehead atoms. The van der Waals surface area contributed by atoms with Crippen LogP contribution in [0.3, 0.4) is 0 Å². The first-order valence-electron chi connectivity index (χ1n) is 12.2. The Balaban J connectivity index is 1.49. The van der Waals surface area contributed by atoms with Crippen LogP contribution >= 0.6 is 22.7 Å². The number of aryl methyl sites for hydroxylation is 1. The minimum absolute atomic E-state index is 0.0109. The molecule has 3 atom stereocenters. The monoisotopic (exact) mass is 532 g/mol. The van der Waals surface area contributed by atoms with Crippen LogP contribution in [0.15, 0.2) is 22.9 Å². The first kappa shape index (κ1) is 26.2. The van der Waals surface area contributed by atoms with E-state index in [1.165, 1.54) is 27.6 Å². The third-order valence-corrected chi connectivity index (χ3v) is 8.38. The molecular formula is C24H32N6O4S2. The van der Waals surface area contributed by atoms with E-state index in [9.17, 15) is 19.2 Å². The molecule has 5 N–H and O–H groups in total. The zero-order chi connectivity index (χ0) is 25.7. The van der Waals surface area contributed by atoms with Crippen molar-refractivity contribution in [1.82, 2.24) is 25.8 Å². The number of amides is 4. The zero-order valence-corrected chi connectivity index (χ0v) is 21.8. The second-order valence-corrected chi connectivity index (χ2v) is 11.4. The number of aromatic nitrogens is 1. The van der Waals surface area contributed by atoms with Gasteiger partial charge in [-0.25, -0.2) is 4.98 Å². The van der Waals surface area contributed by atoms with Gasteiger partial charge in [-0.2, -0.15) is 0 Å². The topological polar surface area (TPSA) is 147 Å². The Morgan fingerprint density at radius 1 is 1.19 bits per heavy atom. The fraction of sp³-hybridized carbons (Fsp3) is 0.542. The molecule has 2 aromatic rings. The number of carbonyl (C=O) groups excluding carboxylic acids is 4. The predicted octanol–water partition coefficient (Wildman–Crippen LogP) is 0.815. The highest BCUT2D eigenvalue weighted by atomic mass is 32.1. The van der Waals surface area contributed by atoms with Crippen molar-refractivity contribution in [3.63, 3.8) is 0 Å².